The molecule has 0 bridgehead atoms. The van der Waals surface area contributed by atoms with E-state index in [0.717, 1.165) is 6.08 Å². The van der Waals surface area contributed by atoms with Crippen LogP contribution < -0.4 is 21.1 Å². The van der Waals surface area contributed by atoms with E-state index in [2.05, 4.69) is 12.3 Å². The first-order chi connectivity index (χ1) is 8.05. The van der Waals surface area contributed by atoms with E-state index in [1.165, 1.54) is 0 Å². The maximum Gasteiger partial charge on any atom is 3.00 e. The number of amides is 1. The Morgan fingerprint density at radius 2 is 1.37 bits per heavy atom. The summed E-state index contributed by atoms with van der Waals surface area (Å²) >= 11 is 0. The third kappa shape index (κ3) is 12.4. The molecule has 0 atom stereocenters. The third-order valence-corrected chi connectivity index (χ3v) is 1.45. The van der Waals surface area contributed by atoms with E-state index in [1.54, 1.807) is 0 Å². The van der Waals surface area contributed by atoms with Crippen molar-refractivity contribution >= 4 is 41.2 Å². The predicted molar refractivity (Wildman–Crippen MR) is 54.4 cm³/mol. The van der Waals surface area contributed by atoms with Crippen LogP contribution in [0, 0.1) is 0 Å². The van der Waals surface area contributed by atoms with Gasteiger partial charge in [-0.3, -0.25) is 4.79 Å². The summed E-state index contributed by atoms with van der Waals surface area (Å²) in [5.74, 6) is -6.47. The monoisotopic (exact) mass is 287 g/mol. The maximum atomic E-state index is 10.1. The standard InChI is InChI=1S/C6H8O7.C3H5NO.Al/c7-3(8)1-6(13,5(11)12)2-4(9)10;1-2-3(4)5;/h13H,1-2H2,(H,7,8)(H,9,10)(H,11,12);2H,1H2,(H2,4,5);/q;;+3/p-3. The first-order valence-electron chi connectivity index (χ1n) is 4.30. The fourth-order valence-corrected chi connectivity index (χ4v) is 0.684. The number of hydrogen-bond acceptors (Lipinski definition) is 8. The second kappa shape index (κ2) is 10.1. The van der Waals surface area contributed by atoms with Crippen LogP contribution in [-0.4, -0.2) is 51.9 Å². The van der Waals surface area contributed by atoms with Gasteiger partial charge in [-0.25, -0.2) is 0 Å². The maximum absolute atomic E-state index is 10.1. The number of primary amides is 1. The van der Waals surface area contributed by atoms with Crippen molar-refractivity contribution in [1.82, 2.24) is 0 Å². The van der Waals surface area contributed by atoms with E-state index in [1.807, 2.05) is 0 Å². The van der Waals surface area contributed by atoms with Crippen LogP contribution in [0.5, 0.6) is 0 Å². The molecule has 3 N–H and O–H groups in total. The number of carbonyl (C=O) groups excluding carboxylic acids is 4. The summed E-state index contributed by atoms with van der Waals surface area (Å²) in [5, 5.41) is 38.9. The molecule has 0 aliphatic heterocycles. The first-order valence-corrected chi connectivity index (χ1v) is 4.30. The molecule has 102 valence electrons. The van der Waals surface area contributed by atoms with Gasteiger partial charge in [0.2, 0.25) is 5.91 Å². The van der Waals surface area contributed by atoms with Gasteiger partial charge in [-0.05, 0) is 6.08 Å². The molecule has 0 aromatic rings. The van der Waals surface area contributed by atoms with Crippen molar-refractivity contribution in [2.24, 2.45) is 5.73 Å². The van der Waals surface area contributed by atoms with Gasteiger partial charge in [0.05, 0.1) is 5.97 Å². The Morgan fingerprint density at radius 3 is 1.47 bits per heavy atom. The second-order valence-electron chi connectivity index (χ2n) is 3.02. The number of carboxylic acids is 3. The average molecular weight is 287 g/mol. The molecule has 1 amide bonds. The van der Waals surface area contributed by atoms with Gasteiger partial charge >= 0.3 is 17.4 Å². The molecule has 0 unspecified atom stereocenters. The Hall–Kier alpha value is -1.89. The minimum Gasteiger partial charge on any atom is -0.550 e. The zero-order valence-electron chi connectivity index (χ0n) is 9.66. The van der Waals surface area contributed by atoms with Crippen molar-refractivity contribution in [1.29, 1.82) is 0 Å². The predicted octanol–water partition coefficient (Wildman–Crippen LogP) is -5.98. The van der Waals surface area contributed by atoms with Gasteiger partial charge in [-0.15, -0.1) is 0 Å². The first kappa shape index (κ1) is 22.3. The van der Waals surface area contributed by atoms with Crippen LogP contribution in [-0.2, 0) is 19.2 Å². The summed E-state index contributed by atoms with van der Waals surface area (Å²) in [6.07, 6.45) is -1.66. The summed E-state index contributed by atoms with van der Waals surface area (Å²) in [7, 11) is 0. The van der Waals surface area contributed by atoms with Gasteiger partial charge in [-0.1, -0.05) is 6.58 Å². The summed E-state index contributed by atoms with van der Waals surface area (Å²) in [6.45, 7) is 3.09. The molecule has 0 saturated heterocycles. The van der Waals surface area contributed by atoms with Crippen molar-refractivity contribution < 1.29 is 39.6 Å². The molecule has 0 fully saturated rings. The normalized spacial score (nSPS) is 9.11. The number of carbonyl (C=O) groups is 4. The molecule has 0 saturated carbocycles. The smallest absolute Gasteiger partial charge is 0.550 e. The topological polar surface area (TPSA) is 184 Å². The van der Waals surface area contributed by atoms with Gasteiger partial charge in [0.25, 0.3) is 0 Å². The largest absolute Gasteiger partial charge is 3.00 e. The summed E-state index contributed by atoms with van der Waals surface area (Å²) < 4.78 is 0. The third-order valence-electron chi connectivity index (χ3n) is 1.45. The van der Waals surface area contributed by atoms with Crippen LogP contribution in [0.4, 0.5) is 0 Å². The van der Waals surface area contributed by atoms with Crippen molar-refractivity contribution in [3.8, 4) is 0 Å². The summed E-state index contributed by atoms with van der Waals surface area (Å²) in [5.41, 5.74) is 1.56. The second-order valence-corrected chi connectivity index (χ2v) is 3.02. The fourth-order valence-electron chi connectivity index (χ4n) is 0.684. The number of aliphatic hydroxyl groups is 1. The molecule has 0 aliphatic carbocycles. The van der Waals surface area contributed by atoms with Crippen molar-refractivity contribution in [3.05, 3.63) is 12.7 Å². The Bertz CT molecular complexity index is 351. The van der Waals surface area contributed by atoms with E-state index >= 15 is 0 Å². The zero-order valence-corrected chi connectivity index (χ0v) is 10.8. The molecule has 0 radical (unpaired) electrons. The van der Waals surface area contributed by atoms with Crippen LogP contribution in [0.2, 0.25) is 0 Å². The Kier molecular flexibility index (Phi) is 11.8. The molecule has 19 heavy (non-hydrogen) atoms. The van der Waals surface area contributed by atoms with Gasteiger partial charge in [0.15, 0.2) is 0 Å². The van der Waals surface area contributed by atoms with E-state index in [4.69, 9.17) is 5.11 Å². The van der Waals surface area contributed by atoms with Gasteiger partial charge < -0.3 is 40.5 Å². The summed E-state index contributed by atoms with van der Waals surface area (Å²) in [4.78, 5) is 39.5. The molecule has 10 heteroatoms. The number of nitrogens with two attached hydrogens (primary N) is 1. The zero-order chi connectivity index (χ0) is 14.9. The molecule has 0 aliphatic rings. The molecule has 9 nitrogen and oxygen atoms in total. The van der Waals surface area contributed by atoms with Crippen molar-refractivity contribution in [2.45, 2.75) is 18.4 Å². The van der Waals surface area contributed by atoms with Crippen LogP contribution >= 0.6 is 0 Å². The Morgan fingerprint density at radius 1 is 1.11 bits per heavy atom. The van der Waals surface area contributed by atoms with Crippen LogP contribution in [0.25, 0.3) is 0 Å². The van der Waals surface area contributed by atoms with E-state index in [9.17, 15) is 34.5 Å². The SMILES string of the molecule is C=CC(N)=O.O=C([O-])CC(O)(CC(=O)[O-])C(=O)[O-].[Al+3]. The van der Waals surface area contributed by atoms with Crippen molar-refractivity contribution in [3.63, 3.8) is 0 Å². The minimum atomic E-state index is -2.97. The van der Waals surface area contributed by atoms with E-state index in [0.29, 0.717) is 0 Å². The molecule has 0 rings (SSSR count). The number of rotatable bonds is 6. The molecule has 0 aromatic carbocycles. The minimum absolute atomic E-state index is 0. The van der Waals surface area contributed by atoms with E-state index in [-0.39, 0.29) is 17.4 Å². The van der Waals surface area contributed by atoms with Crippen molar-refractivity contribution in [2.75, 3.05) is 0 Å². The molecule has 0 spiro atoms. The molecule has 0 aromatic heterocycles. The average Bonchev–Trinajstić information content (AvgIpc) is 2.15. The summed E-state index contributed by atoms with van der Waals surface area (Å²) in [6, 6.07) is 0. The number of aliphatic carboxylic acids is 3. The van der Waals surface area contributed by atoms with Gasteiger partial charge in [-0.2, -0.15) is 0 Å². The molecular weight excluding hydrogens is 277 g/mol. The van der Waals surface area contributed by atoms with Gasteiger partial charge in [0, 0.05) is 24.8 Å². The fraction of sp³-hybridized carbons (Fsp3) is 0.333. The molecular formula is C9H10AlNO8. The number of hydrogen-bond donors (Lipinski definition) is 2. The van der Waals surface area contributed by atoms with Crippen LogP contribution in [0.15, 0.2) is 12.7 Å². The Labute approximate surface area is 118 Å². The van der Waals surface area contributed by atoms with Gasteiger partial charge in [0.1, 0.15) is 5.60 Å². The van der Waals surface area contributed by atoms with Crippen LogP contribution in [0.1, 0.15) is 12.8 Å². The van der Waals surface area contributed by atoms with E-state index < -0.39 is 42.3 Å². The number of carboxylic acid groups (broad SMARTS) is 3. The molecule has 0 heterocycles. The quantitative estimate of drug-likeness (QED) is 0.357. The van der Waals surface area contributed by atoms with Crippen LogP contribution in [0.3, 0.4) is 0 Å². The Balaban J connectivity index is -0.000000366.